The average Bonchev–Trinajstić information content (AvgIpc) is 2.46. The van der Waals surface area contributed by atoms with Crippen LogP contribution in [0.15, 0.2) is 18.6 Å². The van der Waals surface area contributed by atoms with Crippen molar-refractivity contribution >= 4 is 11.7 Å². The summed E-state index contributed by atoms with van der Waals surface area (Å²) in [5.41, 5.74) is -0.817. The molecule has 104 valence electrons. The van der Waals surface area contributed by atoms with Gasteiger partial charge in [0.15, 0.2) is 0 Å². The number of piperidine rings is 1. The number of rotatable bonds is 4. The number of hydrogen-bond acceptors (Lipinski definition) is 5. The highest BCUT2D eigenvalue weighted by molar-refractivity contribution is 5.75. The third-order valence-corrected chi connectivity index (χ3v) is 3.53. The number of carbonyl (C=O) groups is 1. The van der Waals surface area contributed by atoms with E-state index in [1.54, 1.807) is 25.6 Å². The highest BCUT2D eigenvalue weighted by Crippen LogP contribution is 2.27. The zero-order valence-corrected chi connectivity index (χ0v) is 11.2. The Balaban J connectivity index is 1.98. The standard InChI is InChI=1S/C13H20N4O2/c1-14-12(18)3-5-13(19)4-2-8-17(10-13)11-9-15-6-7-16-11/h6-7,9,19H,2-5,8,10H2,1H3,(H,14,18)/t13-/m0/s1. The van der Waals surface area contributed by atoms with Gasteiger partial charge < -0.3 is 15.3 Å². The van der Waals surface area contributed by atoms with Gasteiger partial charge in [-0.1, -0.05) is 0 Å². The lowest BCUT2D eigenvalue weighted by molar-refractivity contribution is -0.122. The number of aliphatic hydroxyl groups is 1. The molecule has 0 aliphatic carbocycles. The summed E-state index contributed by atoms with van der Waals surface area (Å²) in [6, 6.07) is 0. The second kappa shape index (κ2) is 5.97. The number of aromatic nitrogens is 2. The summed E-state index contributed by atoms with van der Waals surface area (Å²) in [4.78, 5) is 21.6. The summed E-state index contributed by atoms with van der Waals surface area (Å²) in [5, 5.41) is 13.2. The normalized spacial score (nSPS) is 23.2. The quantitative estimate of drug-likeness (QED) is 0.819. The van der Waals surface area contributed by atoms with E-state index in [9.17, 15) is 9.90 Å². The van der Waals surface area contributed by atoms with Crippen LogP contribution >= 0.6 is 0 Å². The molecule has 0 unspecified atom stereocenters. The monoisotopic (exact) mass is 264 g/mol. The van der Waals surface area contributed by atoms with Gasteiger partial charge >= 0.3 is 0 Å². The molecule has 6 nitrogen and oxygen atoms in total. The van der Waals surface area contributed by atoms with Crippen molar-refractivity contribution in [3.05, 3.63) is 18.6 Å². The van der Waals surface area contributed by atoms with E-state index in [0.717, 1.165) is 25.2 Å². The molecular weight excluding hydrogens is 244 g/mol. The van der Waals surface area contributed by atoms with Gasteiger partial charge in [-0.15, -0.1) is 0 Å². The summed E-state index contributed by atoms with van der Waals surface area (Å²) < 4.78 is 0. The number of carbonyl (C=O) groups excluding carboxylic acids is 1. The van der Waals surface area contributed by atoms with Crippen molar-refractivity contribution in [2.24, 2.45) is 0 Å². The molecule has 2 N–H and O–H groups in total. The first-order valence-electron chi connectivity index (χ1n) is 6.57. The van der Waals surface area contributed by atoms with Crippen LogP contribution in [-0.2, 0) is 4.79 Å². The molecule has 0 aromatic carbocycles. The molecule has 1 aliphatic rings. The largest absolute Gasteiger partial charge is 0.388 e. The van der Waals surface area contributed by atoms with Gasteiger partial charge in [0.2, 0.25) is 5.91 Å². The topological polar surface area (TPSA) is 78.4 Å². The van der Waals surface area contributed by atoms with Gasteiger partial charge in [-0.25, -0.2) is 4.98 Å². The maximum atomic E-state index is 11.3. The van der Waals surface area contributed by atoms with Crippen molar-refractivity contribution in [1.29, 1.82) is 0 Å². The molecule has 2 heterocycles. The van der Waals surface area contributed by atoms with Gasteiger partial charge in [-0.3, -0.25) is 9.78 Å². The Morgan fingerprint density at radius 2 is 2.42 bits per heavy atom. The maximum Gasteiger partial charge on any atom is 0.219 e. The third-order valence-electron chi connectivity index (χ3n) is 3.53. The van der Waals surface area contributed by atoms with E-state index in [-0.39, 0.29) is 5.91 Å². The van der Waals surface area contributed by atoms with Crippen LogP contribution in [-0.4, -0.2) is 46.7 Å². The van der Waals surface area contributed by atoms with E-state index >= 15 is 0 Å². The highest BCUT2D eigenvalue weighted by Gasteiger charge is 2.33. The molecule has 1 aromatic rings. The van der Waals surface area contributed by atoms with Crippen molar-refractivity contribution in [2.45, 2.75) is 31.3 Å². The van der Waals surface area contributed by atoms with Crippen LogP contribution in [0, 0.1) is 0 Å². The van der Waals surface area contributed by atoms with E-state index in [2.05, 4.69) is 15.3 Å². The molecule has 1 atom stereocenters. The van der Waals surface area contributed by atoms with Crippen molar-refractivity contribution in [1.82, 2.24) is 15.3 Å². The van der Waals surface area contributed by atoms with Crippen molar-refractivity contribution in [3.8, 4) is 0 Å². The van der Waals surface area contributed by atoms with Gasteiger partial charge in [0.05, 0.1) is 11.8 Å². The number of nitrogens with one attached hydrogen (secondary N) is 1. The smallest absolute Gasteiger partial charge is 0.219 e. The molecule has 6 heteroatoms. The Labute approximate surface area is 112 Å². The first-order valence-corrected chi connectivity index (χ1v) is 6.57. The lowest BCUT2D eigenvalue weighted by atomic mass is 9.88. The molecule has 19 heavy (non-hydrogen) atoms. The fraction of sp³-hybridized carbons (Fsp3) is 0.615. The maximum absolute atomic E-state index is 11.3. The number of hydrogen-bond donors (Lipinski definition) is 2. The van der Waals surface area contributed by atoms with Gasteiger partial charge in [0, 0.05) is 39.0 Å². The molecule has 1 saturated heterocycles. The van der Waals surface area contributed by atoms with E-state index in [1.165, 1.54) is 0 Å². The van der Waals surface area contributed by atoms with Gasteiger partial charge in [-0.2, -0.15) is 0 Å². The summed E-state index contributed by atoms with van der Waals surface area (Å²) in [6.07, 6.45) is 7.41. The predicted octanol–water partition coefficient (Wildman–Crippen LogP) is 0.334. The number of nitrogens with zero attached hydrogens (tertiary/aromatic N) is 3. The van der Waals surface area contributed by atoms with Crippen LogP contribution in [0.1, 0.15) is 25.7 Å². The minimum absolute atomic E-state index is 0.0370. The zero-order valence-electron chi connectivity index (χ0n) is 11.2. The molecule has 0 saturated carbocycles. The fourth-order valence-corrected chi connectivity index (χ4v) is 2.44. The summed E-state index contributed by atoms with van der Waals surface area (Å²) in [5.74, 6) is 0.741. The number of amides is 1. The highest BCUT2D eigenvalue weighted by atomic mass is 16.3. The number of β-amino-alcohol motifs (C(OH)–C–C–N with tert-alkyl or cyclic N) is 1. The molecule has 1 amide bonds. The molecule has 0 radical (unpaired) electrons. The third kappa shape index (κ3) is 3.64. The predicted molar refractivity (Wildman–Crippen MR) is 71.7 cm³/mol. The van der Waals surface area contributed by atoms with Crippen LogP contribution < -0.4 is 10.2 Å². The van der Waals surface area contributed by atoms with Crippen LogP contribution in [0.5, 0.6) is 0 Å². The van der Waals surface area contributed by atoms with Crippen LogP contribution in [0.2, 0.25) is 0 Å². The lowest BCUT2D eigenvalue weighted by Gasteiger charge is -2.39. The van der Waals surface area contributed by atoms with E-state index in [4.69, 9.17) is 0 Å². The Kier molecular flexibility index (Phi) is 4.31. The van der Waals surface area contributed by atoms with Crippen molar-refractivity contribution in [2.75, 3.05) is 25.0 Å². The van der Waals surface area contributed by atoms with Crippen molar-refractivity contribution < 1.29 is 9.90 Å². The first kappa shape index (κ1) is 13.7. The SMILES string of the molecule is CNC(=O)CC[C@@]1(O)CCCN(c2cnccn2)C1. The molecule has 1 fully saturated rings. The first-order chi connectivity index (χ1) is 9.13. The van der Waals surface area contributed by atoms with Gasteiger partial charge in [0.25, 0.3) is 0 Å². The summed E-state index contributed by atoms with van der Waals surface area (Å²) in [6.45, 7) is 1.36. The fourth-order valence-electron chi connectivity index (χ4n) is 2.44. The lowest BCUT2D eigenvalue weighted by Crippen LogP contribution is -2.49. The van der Waals surface area contributed by atoms with E-state index in [0.29, 0.717) is 19.4 Å². The number of anilines is 1. The average molecular weight is 264 g/mol. The molecule has 1 aliphatic heterocycles. The Morgan fingerprint density at radius 1 is 1.58 bits per heavy atom. The van der Waals surface area contributed by atoms with Crippen LogP contribution in [0.4, 0.5) is 5.82 Å². The van der Waals surface area contributed by atoms with Crippen molar-refractivity contribution in [3.63, 3.8) is 0 Å². The Bertz CT molecular complexity index is 426. The molecule has 1 aromatic heterocycles. The molecule has 0 bridgehead atoms. The van der Waals surface area contributed by atoms with E-state index in [1.807, 2.05) is 4.90 Å². The van der Waals surface area contributed by atoms with Gasteiger partial charge in [0.1, 0.15) is 5.82 Å². The van der Waals surface area contributed by atoms with E-state index < -0.39 is 5.60 Å². The Morgan fingerprint density at radius 3 is 3.11 bits per heavy atom. The molecular formula is C13H20N4O2. The molecule has 0 spiro atoms. The Hall–Kier alpha value is -1.69. The second-order valence-electron chi connectivity index (χ2n) is 4.99. The zero-order chi connectivity index (χ0) is 13.7. The summed E-state index contributed by atoms with van der Waals surface area (Å²) in [7, 11) is 1.61. The molecule has 2 rings (SSSR count). The van der Waals surface area contributed by atoms with Crippen LogP contribution in [0.25, 0.3) is 0 Å². The summed E-state index contributed by atoms with van der Waals surface area (Å²) >= 11 is 0. The minimum atomic E-state index is -0.817. The van der Waals surface area contributed by atoms with Gasteiger partial charge in [-0.05, 0) is 19.3 Å². The second-order valence-corrected chi connectivity index (χ2v) is 4.99. The minimum Gasteiger partial charge on any atom is -0.388 e. The van der Waals surface area contributed by atoms with Crippen LogP contribution in [0.3, 0.4) is 0 Å².